The smallest absolute Gasteiger partial charge is 0.101 e. The number of rotatable bonds is 5. The van der Waals surface area contributed by atoms with Gasteiger partial charge in [-0.05, 0) is 29.5 Å². The van der Waals surface area contributed by atoms with E-state index < -0.39 is 0 Å². The van der Waals surface area contributed by atoms with Gasteiger partial charge in [0.05, 0.1) is 5.56 Å². The van der Waals surface area contributed by atoms with Crippen LogP contribution in [0, 0.1) is 11.3 Å². The number of hydrogen-bond donors (Lipinski definition) is 0. The summed E-state index contributed by atoms with van der Waals surface area (Å²) < 4.78 is 0. The molecule has 2 aromatic rings. The third kappa shape index (κ3) is 3.73. The van der Waals surface area contributed by atoms with Crippen LogP contribution in [0.15, 0.2) is 52.3 Å². The highest BCUT2D eigenvalue weighted by atomic mass is 35.5. The second-order valence-corrected chi connectivity index (χ2v) is 6.78. The molecule has 1 nitrogen and oxygen atoms in total. The first-order chi connectivity index (χ1) is 9.76. The predicted molar refractivity (Wildman–Crippen MR) is 88.6 cm³/mol. The lowest BCUT2D eigenvalue weighted by Crippen LogP contribution is -1.88. The minimum Gasteiger partial charge on any atom is -0.192 e. The third-order valence-electron chi connectivity index (χ3n) is 2.74. The maximum atomic E-state index is 9.37. The molecule has 0 aliphatic carbocycles. The van der Waals surface area contributed by atoms with Crippen molar-refractivity contribution in [2.75, 3.05) is 5.75 Å². The molecular formula is C16H14ClNS2. The number of halogens is 1. The van der Waals surface area contributed by atoms with Gasteiger partial charge in [-0.1, -0.05) is 42.8 Å². The molecule has 0 heterocycles. The van der Waals surface area contributed by atoms with Crippen molar-refractivity contribution in [3.63, 3.8) is 0 Å². The fourth-order valence-corrected chi connectivity index (χ4v) is 3.96. The standard InChI is InChI=1S/C16H14ClNS2/c1-2-19-15-8-5-9-16(13(15)10-18)20-11-12-6-3-4-7-14(12)17/h3-9H,2,11H2,1H3. The normalized spacial score (nSPS) is 10.2. The molecule has 0 aliphatic rings. The van der Waals surface area contributed by atoms with Gasteiger partial charge in [-0.15, -0.1) is 23.5 Å². The van der Waals surface area contributed by atoms with E-state index in [1.807, 2.05) is 42.5 Å². The molecule has 0 aliphatic heterocycles. The zero-order valence-corrected chi connectivity index (χ0v) is 13.5. The molecule has 0 saturated carbocycles. The minimum atomic E-state index is 0.772. The number of benzene rings is 2. The SMILES string of the molecule is CCSc1cccc(SCc2ccccc2Cl)c1C#N. The van der Waals surface area contributed by atoms with Gasteiger partial charge in [-0.2, -0.15) is 5.26 Å². The van der Waals surface area contributed by atoms with Crippen molar-refractivity contribution in [3.8, 4) is 6.07 Å². The highest BCUT2D eigenvalue weighted by Crippen LogP contribution is 2.33. The van der Waals surface area contributed by atoms with Gasteiger partial charge >= 0.3 is 0 Å². The molecule has 2 aromatic carbocycles. The lowest BCUT2D eigenvalue weighted by Gasteiger charge is -2.09. The van der Waals surface area contributed by atoms with E-state index in [2.05, 4.69) is 13.0 Å². The van der Waals surface area contributed by atoms with Crippen molar-refractivity contribution < 1.29 is 0 Å². The molecule has 0 amide bonds. The third-order valence-corrected chi connectivity index (χ3v) is 5.16. The monoisotopic (exact) mass is 319 g/mol. The maximum Gasteiger partial charge on any atom is 0.101 e. The summed E-state index contributed by atoms with van der Waals surface area (Å²) in [5, 5.41) is 10.2. The molecule has 0 bridgehead atoms. The van der Waals surface area contributed by atoms with Crippen molar-refractivity contribution in [1.82, 2.24) is 0 Å². The molecular weight excluding hydrogens is 306 g/mol. The number of nitrogens with zero attached hydrogens (tertiary/aromatic N) is 1. The van der Waals surface area contributed by atoms with Crippen LogP contribution in [0.25, 0.3) is 0 Å². The first-order valence-corrected chi connectivity index (χ1v) is 8.63. The Morgan fingerprint density at radius 3 is 2.40 bits per heavy atom. The Morgan fingerprint density at radius 2 is 1.75 bits per heavy atom. The van der Waals surface area contributed by atoms with Crippen LogP contribution in [0.3, 0.4) is 0 Å². The van der Waals surface area contributed by atoms with Gasteiger partial charge in [-0.3, -0.25) is 0 Å². The highest BCUT2D eigenvalue weighted by molar-refractivity contribution is 7.99. The van der Waals surface area contributed by atoms with Crippen LogP contribution in [0.1, 0.15) is 18.1 Å². The molecule has 0 fully saturated rings. The van der Waals surface area contributed by atoms with Crippen LogP contribution in [0.2, 0.25) is 5.02 Å². The van der Waals surface area contributed by atoms with Crippen LogP contribution < -0.4 is 0 Å². The van der Waals surface area contributed by atoms with Crippen LogP contribution in [-0.2, 0) is 5.75 Å². The molecule has 0 unspecified atom stereocenters. The average Bonchev–Trinajstić information content (AvgIpc) is 2.47. The predicted octanol–water partition coefficient (Wildman–Crippen LogP) is 5.62. The summed E-state index contributed by atoms with van der Waals surface area (Å²) in [4.78, 5) is 2.07. The van der Waals surface area contributed by atoms with Gasteiger partial charge in [0.15, 0.2) is 0 Å². The molecule has 0 atom stereocenters. The Kier molecular flexibility index (Phi) is 5.85. The zero-order valence-electron chi connectivity index (χ0n) is 11.1. The van der Waals surface area contributed by atoms with Crippen molar-refractivity contribution in [3.05, 3.63) is 58.6 Å². The van der Waals surface area contributed by atoms with Crippen LogP contribution in [0.4, 0.5) is 0 Å². The van der Waals surface area contributed by atoms with Crippen LogP contribution >= 0.6 is 35.1 Å². The average molecular weight is 320 g/mol. The maximum absolute atomic E-state index is 9.37. The highest BCUT2D eigenvalue weighted by Gasteiger charge is 2.09. The zero-order chi connectivity index (χ0) is 14.4. The number of nitriles is 1. The summed E-state index contributed by atoms with van der Waals surface area (Å²) in [6.45, 7) is 2.09. The summed E-state index contributed by atoms with van der Waals surface area (Å²) in [6.07, 6.45) is 0. The van der Waals surface area contributed by atoms with E-state index in [0.29, 0.717) is 0 Å². The molecule has 0 spiro atoms. The largest absolute Gasteiger partial charge is 0.192 e. The molecule has 4 heteroatoms. The Balaban J connectivity index is 2.20. The molecule has 2 rings (SSSR count). The van der Waals surface area contributed by atoms with E-state index in [1.54, 1.807) is 23.5 Å². The first-order valence-electron chi connectivity index (χ1n) is 6.28. The van der Waals surface area contributed by atoms with Gasteiger partial charge in [0.25, 0.3) is 0 Å². The number of hydrogen-bond acceptors (Lipinski definition) is 3. The number of thioether (sulfide) groups is 2. The molecule has 0 radical (unpaired) electrons. The Hall–Kier alpha value is -1.08. The summed E-state index contributed by atoms with van der Waals surface area (Å²) in [5.41, 5.74) is 1.87. The lowest BCUT2D eigenvalue weighted by atomic mass is 10.2. The van der Waals surface area contributed by atoms with E-state index in [1.165, 1.54) is 0 Å². The van der Waals surface area contributed by atoms with E-state index in [4.69, 9.17) is 11.6 Å². The molecule has 0 saturated heterocycles. The minimum absolute atomic E-state index is 0.772. The van der Waals surface area contributed by atoms with Gasteiger partial charge in [0.2, 0.25) is 0 Å². The topological polar surface area (TPSA) is 23.8 Å². The van der Waals surface area contributed by atoms with E-state index in [0.717, 1.165) is 37.4 Å². The lowest BCUT2D eigenvalue weighted by molar-refractivity contribution is 1.25. The van der Waals surface area contributed by atoms with Gasteiger partial charge < -0.3 is 0 Å². The van der Waals surface area contributed by atoms with Crippen molar-refractivity contribution in [2.45, 2.75) is 22.5 Å². The van der Waals surface area contributed by atoms with E-state index in [-0.39, 0.29) is 0 Å². The molecule has 102 valence electrons. The fourth-order valence-electron chi connectivity index (χ4n) is 1.79. The van der Waals surface area contributed by atoms with Gasteiger partial charge in [0.1, 0.15) is 6.07 Å². The Labute approximate surface area is 133 Å². The summed E-state index contributed by atoms with van der Waals surface area (Å²) in [5.74, 6) is 1.74. The van der Waals surface area contributed by atoms with Gasteiger partial charge in [-0.25, -0.2) is 0 Å². The van der Waals surface area contributed by atoms with E-state index in [9.17, 15) is 5.26 Å². The van der Waals surface area contributed by atoms with Crippen molar-refractivity contribution >= 4 is 35.1 Å². The Morgan fingerprint density at radius 1 is 1.05 bits per heavy atom. The second kappa shape index (κ2) is 7.64. The van der Waals surface area contributed by atoms with E-state index >= 15 is 0 Å². The van der Waals surface area contributed by atoms with Crippen molar-refractivity contribution in [2.24, 2.45) is 0 Å². The van der Waals surface area contributed by atoms with Crippen LogP contribution in [0.5, 0.6) is 0 Å². The molecule has 0 N–H and O–H groups in total. The quantitative estimate of drug-likeness (QED) is 0.669. The summed E-state index contributed by atoms with van der Waals surface area (Å²) in [7, 11) is 0. The summed E-state index contributed by atoms with van der Waals surface area (Å²) >= 11 is 9.52. The second-order valence-electron chi connectivity index (χ2n) is 4.05. The fraction of sp³-hybridized carbons (Fsp3) is 0.188. The first kappa shape index (κ1) is 15.3. The molecule has 20 heavy (non-hydrogen) atoms. The van der Waals surface area contributed by atoms with Gasteiger partial charge in [0, 0.05) is 20.6 Å². The molecule has 0 aromatic heterocycles. The van der Waals surface area contributed by atoms with Crippen LogP contribution in [-0.4, -0.2) is 5.75 Å². The summed E-state index contributed by atoms with van der Waals surface area (Å²) in [6, 6.07) is 16.2. The van der Waals surface area contributed by atoms with Crippen molar-refractivity contribution in [1.29, 1.82) is 5.26 Å². The Bertz CT molecular complexity index is 635.